The Morgan fingerprint density at radius 1 is 1.19 bits per heavy atom. The number of aliphatic imine (C=N–C) groups is 1. The molecule has 1 aromatic carbocycles. The molecule has 32 heavy (non-hydrogen) atoms. The Balaban J connectivity index is 0.00000363. The number of hydrogen-bond acceptors (Lipinski definition) is 6. The normalized spacial score (nSPS) is 13.4. The summed E-state index contributed by atoms with van der Waals surface area (Å²) in [4.78, 5) is 6.96. The van der Waals surface area contributed by atoms with Crippen molar-refractivity contribution in [3.05, 3.63) is 42.4 Å². The molecule has 0 fully saturated rings. The van der Waals surface area contributed by atoms with Gasteiger partial charge in [-0.2, -0.15) is 0 Å². The van der Waals surface area contributed by atoms with Gasteiger partial charge in [-0.05, 0) is 44.3 Å². The van der Waals surface area contributed by atoms with Crippen molar-refractivity contribution in [1.82, 2.24) is 10.2 Å². The molecule has 0 saturated carbocycles. The molecule has 9 heteroatoms. The SMILES string of the molecule is CCN(C)CCNC(=NCCCOCc1ccco1)Nc1ccc2c(c1)OCCCO2.I. The topological polar surface area (TPSA) is 80.5 Å². The van der Waals surface area contributed by atoms with Gasteiger partial charge in [-0.1, -0.05) is 6.92 Å². The zero-order chi connectivity index (χ0) is 21.7. The Bertz CT molecular complexity index is 801. The van der Waals surface area contributed by atoms with Crippen molar-refractivity contribution in [2.45, 2.75) is 26.4 Å². The number of nitrogens with zero attached hydrogens (tertiary/aromatic N) is 2. The van der Waals surface area contributed by atoms with E-state index in [1.54, 1.807) is 6.26 Å². The molecule has 2 N–H and O–H groups in total. The average Bonchev–Trinajstić information content (AvgIpc) is 3.19. The highest BCUT2D eigenvalue weighted by Crippen LogP contribution is 2.32. The fourth-order valence-corrected chi connectivity index (χ4v) is 2.97. The highest BCUT2D eigenvalue weighted by molar-refractivity contribution is 14.0. The van der Waals surface area contributed by atoms with Crippen molar-refractivity contribution in [3.8, 4) is 11.5 Å². The van der Waals surface area contributed by atoms with E-state index in [4.69, 9.17) is 23.6 Å². The third-order valence-corrected chi connectivity index (χ3v) is 4.88. The maximum Gasteiger partial charge on any atom is 0.195 e. The lowest BCUT2D eigenvalue weighted by Gasteiger charge is -2.17. The summed E-state index contributed by atoms with van der Waals surface area (Å²) < 4.78 is 22.4. The molecule has 0 spiro atoms. The highest BCUT2D eigenvalue weighted by Gasteiger charge is 2.11. The van der Waals surface area contributed by atoms with Crippen LogP contribution in [-0.2, 0) is 11.3 Å². The Morgan fingerprint density at radius 3 is 2.81 bits per heavy atom. The molecule has 2 aromatic rings. The standard InChI is InChI=1S/C23H34N4O4.HI/c1-3-27(2)12-11-25-23(24-10-5-13-28-18-20-7-4-14-29-20)26-19-8-9-21-22(17-19)31-16-6-15-30-21;/h4,7-9,14,17H,3,5-6,10-13,15-16,18H2,1-2H3,(H2,24,25,26);1H. The van der Waals surface area contributed by atoms with Crippen LogP contribution in [0, 0.1) is 0 Å². The first kappa shape index (κ1) is 26.3. The monoisotopic (exact) mass is 558 g/mol. The minimum absolute atomic E-state index is 0. The van der Waals surface area contributed by atoms with E-state index in [0.29, 0.717) is 33.0 Å². The van der Waals surface area contributed by atoms with E-state index in [0.717, 1.165) is 61.4 Å². The second-order valence-corrected chi connectivity index (χ2v) is 7.38. The first-order valence-corrected chi connectivity index (χ1v) is 11.0. The third kappa shape index (κ3) is 9.25. The fourth-order valence-electron chi connectivity index (χ4n) is 2.97. The average molecular weight is 558 g/mol. The molecule has 1 aliphatic heterocycles. The number of benzene rings is 1. The smallest absolute Gasteiger partial charge is 0.195 e. The number of likely N-dealkylation sites (N-methyl/N-ethyl adjacent to an activating group) is 1. The number of hydrogen-bond donors (Lipinski definition) is 2. The maximum absolute atomic E-state index is 5.80. The van der Waals surface area contributed by atoms with Gasteiger partial charge in [0.1, 0.15) is 12.4 Å². The highest BCUT2D eigenvalue weighted by atomic mass is 127. The second-order valence-electron chi connectivity index (χ2n) is 7.38. The van der Waals surface area contributed by atoms with Gasteiger partial charge in [-0.3, -0.25) is 4.99 Å². The van der Waals surface area contributed by atoms with Crippen molar-refractivity contribution in [2.24, 2.45) is 4.99 Å². The number of halogens is 1. The van der Waals surface area contributed by atoms with Crippen LogP contribution in [0.25, 0.3) is 0 Å². The summed E-state index contributed by atoms with van der Waals surface area (Å²) in [6.07, 6.45) is 3.37. The fraction of sp³-hybridized carbons (Fsp3) is 0.522. The summed E-state index contributed by atoms with van der Waals surface area (Å²) in [6, 6.07) is 9.65. The summed E-state index contributed by atoms with van der Waals surface area (Å²) in [5, 5.41) is 6.79. The van der Waals surface area contributed by atoms with Crippen LogP contribution in [0.5, 0.6) is 11.5 Å². The first-order valence-electron chi connectivity index (χ1n) is 11.0. The molecule has 0 atom stereocenters. The molecule has 0 amide bonds. The van der Waals surface area contributed by atoms with Crippen molar-refractivity contribution in [3.63, 3.8) is 0 Å². The summed E-state index contributed by atoms with van der Waals surface area (Å²) in [5.41, 5.74) is 0.911. The number of anilines is 1. The molecule has 178 valence electrons. The third-order valence-electron chi connectivity index (χ3n) is 4.88. The van der Waals surface area contributed by atoms with Gasteiger partial charge in [0.25, 0.3) is 0 Å². The van der Waals surface area contributed by atoms with Crippen molar-refractivity contribution >= 4 is 35.6 Å². The van der Waals surface area contributed by atoms with Crippen LogP contribution in [0.4, 0.5) is 5.69 Å². The van der Waals surface area contributed by atoms with Crippen LogP contribution in [0.15, 0.2) is 46.0 Å². The van der Waals surface area contributed by atoms with Gasteiger partial charge >= 0.3 is 0 Å². The van der Waals surface area contributed by atoms with E-state index in [1.165, 1.54) is 0 Å². The molecule has 0 aliphatic carbocycles. The van der Waals surface area contributed by atoms with Gasteiger partial charge in [-0.25, -0.2) is 0 Å². The van der Waals surface area contributed by atoms with Gasteiger partial charge in [0.05, 0.1) is 19.5 Å². The first-order chi connectivity index (χ1) is 15.2. The zero-order valence-corrected chi connectivity index (χ0v) is 21.3. The van der Waals surface area contributed by atoms with Crippen LogP contribution < -0.4 is 20.1 Å². The predicted octanol–water partition coefficient (Wildman–Crippen LogP) is 3.98. The van der Waals surface area contributed by atoms with E-state index in [9.17, 15) is 0 Å². The molecule has 3 rings (SSSR count). The molecular weight excluding hydrogens is 523 g/mol. The Morgan fingerprint density at radius 2 is 2.03 bits per heavy atom. The van der Waals surface area contributed by atoms with Crippen LogP contribution in [0.1, 0.15) is 25.5 Å². The molecule has 1 aliphatic rings. The van der Waals surface area contributed by atoms with Crippen molar-refractivity contribution in [2.75, 3.05) is 58.4 Å². The van der Waals surface area contributed by atoms with Crippen molar-refractivity contribution < 1.29 is 18.6 Å². The molecule has 8 nitrogen and oxygen atoms in total. The van der Waals surface area contributed by atoms with Crippen molar-refractivity contribution in [1.29, 1.82) is 0 Å². The molecule has 1 aromatic heterocycles. The summed E-state index contributed by atoms with van der Waals surface area (Å²) in [6.45, 7) is 8.01. The van der Waals surface area contributed by atoms with Gasteiger partial charge in [0.15, 0.2) is 17.5 Å². The van der Waals surface area contributed by atoms with Crippen LogP contribution in [0.3, 0.4) is 0 Å². The molecule has 0 bridgehead atoms. The number of nitrogens with one attached hydrogen (secondary N) is 2. The lowest BCUT2D eigenvalue weighted by Crippen LogP contribution is -2.37. The van der Waals surface area contributed by atoms with Gasteiger partial charge in [-0.15, -0.1) is 24.0 Å². The largest absolute Gasteiger partial charge is 0.490 e. The van der Waals surface area contributed by atoms with Crippen LogP contribution >= 0.6 is 24.0 Å². The van der Waals surface area contributed by atoms with Crippen LogP contribution in [-0.4, -0.2) is 63.9 Å². The quantitative estimate of drug-likeness (QED) is 0.187. The lowest BCUT2D eigenvalue weighted by atomic mass is 10.2. The Labute approximate surface area is 207 Å². The zero-order valence-electron chi connectivity index (χ0n) is 19.0. The number of guanidine groups is 1. The van der Waals surface area contributed by atoms with Crippen LogP contribution in [0.2, 0.25) is 0 Å². The van der Waals surface area contributed by atoms with E-state index < -0.39 is 0 Å². The number of fused-ring (bicyclic) bond motifs is 1. The number of furan rings is 1. The van der Waals surface area contributed by atoms with E-state index in [2.05, 4.69) is 29.5 Å². The second kappa shape index (κ2) is 15.0. The van der Waals surface area contributed by atoms with Gasteiger partial charge < -0.3 is 34.2 Å². The minimum atomic E-state index is 0. The summed E-state index contributed by atoms with van der Waals surface area (Å²) >= 11 is 0. The molecule has 0 saturated heterocycles. The van der Waals surface area contributed by atoms with E-state index in [1.807, 2.05) is 30.3 Å². The summed E-state index contributed by atoms with van der Waals surface area (Å²) in [5.74, 6) is 3.12. The summed E-state index contributed by atoms with van der Waals surface area (Å²) in [7, 11) is 2.10. The Hall–Kier alpha value is -1.98. The lowest BCUT2D eigenvalue weighted by molar-refractivity contribution is 0.105. The van der Waals surface area contributed by atoms with Gasteiger partial charge in [0.2, 0.25) is 0 Å². The predicted molar refractivity (Wildman–Crippen MR) is 138 cm³/mol. The molecular formula is C23H35IN4O4. The number of ether oxygens (including phenoxy) is 3. The van der Waals surface area contributed by atoms with E-state index in [-0.39, 0.29) is 24.0 Å². The van der Waals surface area contributed by atoms with E-state index >= 15 is 0 Å². The molecule has 0 radical (unpaired) electrons. The molecule has 0 unspecified atom stereocenters. The minimum Gasteiger partial charge on any atom is -0.490 e. The maximum atomic E-state index is 5.80. The number of rotatable bonds is 11. The van der Waals surface area contributed by atoms with Gasteiger partial charge in [0, 0.05) is 44.4 Å². The molecule has 2 heterocycles. The Kier molecular flexibility index (Phi) is 12.3.